The molecule has 0 aliphatic rings. The molecule has 1 heterocycles. The summed E-state index contributed by atoms with van der Waals surface area (Å²) in [4.78, 5) is 18.8. The second-order valence-electron chi connectivity index (χ2n) is 7.88. The van der Waals surface area contributed by atoms with Crippen LogP contribution in [0.15, 0.2) is 52.4 Å². The average Bonchev–Trinajstić information content (AvgIpc) is 2.85. The van der Waals surface area contributed by atoms with E-state index in [1.807, 2.05) is 0 Å². The number of aryl methyl sites for hydroxylation is 2. The minimum absolute atomic E-state index is 0.297. The van der Waals surface area contributed by atoms with E-state index >= 15 is 0 Å². The zero-order valence-electron chi connectivity index (χ0n) is 19.9. The van der Waals surface area contributed by atoms with Crippen LogP contribution in [0.2, 0.25) is 10.0 Å². The Balaban J connectivity index is 2.00. The molecule has 0 aliphatic carbocycles. The van der Waals surface area contributed by atoms with Crippen LogP contribution in [0.3, 0.4) is 0 Å². The standard InChI is InChI=1S/C26H24Cl2N2O4S/c1-14-6-7-16(10-15(14)2)13-35-26-29-22-18(12-21(32-3)23(33-4)24(22)34-5)25(31)30(26)20-11-17(27)8-9-19(20)28/h6-12H,13H2,1-5H3. The molecule has 0 fully saturated rings. The van der Waals surface area contributed by atoms with Gasteiger partial charge in [0.2, 0.25) is 5.75 Å². The fraction of sp³-hybridized carbons (Fsp3) is 0.231. The maximum atomic E-state index is 13.9. The molecule has 4 rings (SSSR count). The number of aromatic nitrogens is 2. The van der Waals surface area contributed by atoms with Crippen molar-refractivity contribution >= 4 is 45.9 Å². The van der Waals surface area contributed by atoms with Gasteiger partial charge in [0.05, 0.1) is 37.4 Å². The lowest BCUT2D eigenvalue weighted by molar-refractivity contribution is 0.326. The summed E-state index contributed by atoms with van der Waals surface area (Å²) >= 11 is 14.2. The van der Waals surface area contributed by atoms with Crippen molar-refractivity contribution in [2.45, 2.75) is 24.8 Å². The predicted molar refractivity (Wildman–Crippen MR) is 142 cm³/mol. The van der Waals surface area contributed by atoms with Crippen LogP contribution in [0.25, 0.3) is 16.6 Å². The van der Waals surface area contributed by atoms with E-state index in [9.17, 15) is 4.79 Å². The van der Waals surface area contributed by atoms with Crippen LogP contribution in [0.1, 0.15) is 16.7 Å². The van der Waals surface area contributed by atoms with Gasteiger partial charge in [0.25, 0.3) is 5.56 Å². The molecular formula is C26H24Cl2N2O4S. The zero-order chi connectivity index (χ0) is 25.3. The van der Waals surface area contributed by atoms with Gasteiger partial charge in [-0.05, 0) is 54.8 Å². The fourth-order valence-electron chi connectivity index (χ4n) is 3.78. The van der Waals surface area contributed by atoms with E-state index in [2.05, 4.69) is 32.0 Å². The minimum Gasteiger partial charge on any atom is -0.493 e. The van der Waals surface area contributed by atoms with Crippen molar-refractivity contribution in [2.24, 2.45) is 0 Å². The number of fused-ring (bicyclic) bond motifs is 1. The number of hydrogen-bond acceptors (Lipinski definition) is 6. The van der Waals surface area contributed by atoms with Crippen molar-refractivity contribution in [3.8, 4) is 22.9 Å². The monoisotopic (exact) mass is 530 g/mol. The van der Waals surface area contributed by atoms with E-state index < -0.39 is 0 Å². The highest BCUT2D eigenvalue weighted by Gasteiger charge is 2.23. The lowest BCUT2D eigenvalue weighted by atomic mass is 10.1. The lowest BCUT2D eigenvalue weighted by Gasteiger charge is -2.18. The number of methoxy groups -OCH3 is 3. The Morgan fingerprint density at radius 1 is 0.914 bits per heavy atom. The number of nitrogens with zero attached hydrogens (tertiary/aromatic N) is 2. The maximum absolute atomic E-state index is 13.9. The molecule has 0 N–H and O–H groups in total. The van der Waals surface area contributed by atoms with E-state index in [-0.39, 0.29) is 5.56 Å². The summed E-state index contributed by atoms with van der Waals surface area (Å²) in [6, 6.07) is 12.9. The van der Waals surface area contributed by atoms with E-state index in [1.165, 1.54) is 48.8 Å². The summed E-state index contributed by atoms with van der Waals surface area (Å²) < 4.78 is 18.0. The summed E-state index contributed by atoms with van der Waals surface area (Å²) in [6.45, 7) is 4.15. The number of halogens is 2. The van der Waals surface area contributed by atoms with Gasteiger partial charge in [0, 0.05) is 10.8 Å². The third kappa shape index (κ3) is 4.81. The minimum atomic E-state index is -0.332. The van der Waals surface area contributed by atoms with Crippen LogP contribution in [-0.4, -0.2) is 30.9 Å². The highest BCUT2D eigenvalue weighted by Crippen LogP contribution is 2.42. The molecule has 9 heteroatoms. The summed E-state index contributed by atoms with van der Waals surface area (Å²) in [5.41, 5.74) is 4.00. The van der Waals surface area contributed by atoms with E-state index in [1.54, 1.807) is 24.3 Å². The second-order valence-corrected chi connectivity index (χ2v) is 9.67. The van der Waals surface area contributed by atoms with Crippen LogP contribution >= 0.6 is 35.0 Å². The number of thioether (sulfide) groups is 1. The fourth-order valence-corrected chi connectivity index (χ4v) is 5.09. The molecule has 35 heavy (non-hydrogen) atoms. The number of benzene rings is 3. The Morgan fingerprint density at radius 2 is 1.66 bits per heavy atom. The second kappa shape index (κ2) is 10.4. The molecule has 0 amide bonds. The van der Waals surface area contributed by atoms with Gasteiger partial charge < -0.3 is 14.2 Å². The third-order valence-electron chi connectivity index (χ3n) is 5.72. The molecule has 1 aromatic heterocycles. The topological polar surface area (TPSA) is 62.6 Å². The molecule has 0 saturated carbocycles. The Hall–Kier alpha value is -2.87. The maximum Gasteiger partial charge on any atom is 0.266 e. The van der Waals surface area contributed by atoms with Crippen molar-refractivity contribution in [1.29, 1.82) is 0 Å². The van der Waals surface area contributed by atoms with Gasteiger partial charge in [-0.1, -0.05) is 53.2 Å². The van der Waals surface area contributed by atoms with E-state index in [4.69, 9.17) is 42.4 Å². The summed E-state index contributed by atoms with van der Waals surface area (Å²) in [6.07, 6.45) is 0. The van der Waals surface area contributed by atoms with Crippen molar-refractivity contribution in [2.75, 3.05) is 21.3 Å². The molecule has 0 aliphatic heterocycles. The first-order valence-electron chi connectivity index (χ1n) is 10.7. The molecular weight excluding hydrogens is 507 g/mol. The molecule has 0 atom stereocenters. The molecule has 182 valence electrons. The molecule has 3 aromatic carbocycles. The van der Waals surface area contributed by atoms with Gasteiger partial charge in [0.15, 0.2) is 16.7 Å². The first-order chi connectivity index (χ1) is 16.8. The predicted octanol–water partition coefficient (Wildman–Crippen LogP) is 6.63. The Morgan fingerprint density at radius 3 is 2.31 bits per heavy atom. The molecule has 0 saturated heterocycles. The Labute approximate surface area is 217 Å². The summed E-state index contributed by atoms with van der Waals surface area (Å²) in [5.74, 6) is 1.62. The van der Waals surface area contributed by atoms with Gasteiger partial charge in [0.1, 0.15) is 5.52 Å². The van der Waals surface area contributed by atoms with Gasteiger partial charge in [-0.15, -0.1) is 0 Å². The normalized spacial score (nSPS) is 11.1. The van der Waals surface area contributed by atoms with Crippen LogP contribution in [0.5, 0.6) is 17.2 Å². The number of hydrogen-bond donors (Lipinski definition) is 0. The lowest BCUT2D eigenvalue weighted by Crippen LogP contribution is -2.22. The third-order valence-corrected chi connectivity index (χ3v) is 7.29. The van der Waals surface area contributed by atoms with Crippen LogP contribution < -0.4 is 19.8 Å². The molecule has 0 unspecified atom stereocenters. The highest BCUT2D eigenvalue weighted by atomic mass is 35.5. The van der Waals surface area contributed by atoms with Crippen LogP contribution in [0.4, 0.5) is 0 Å². The van der Waals surface area contributed by atoms with Crippen molar-refractivity contribution < 1.29 is 14.2 Å². The largest absolute Gasteiger partial charge is 0.493 e. The van der Waals surface area contributed by atoms with Crippen molar-refractivity contribution in [1.82, 2.24) is 9.55 Å². The summed E-state index contributed by atoms with van der Waals surface area (Å²) in [5, 5.41) is 1.56. The molecule has 6 nitrogen and oxygen atoms in total. The number of rotatable bonds is 7. The Kier molecular flexibility index (Phi) is 7.50. The average molecular weight is 531 g/mol. The van der Waals surface area contributed by atoms with Crippen molar-refractivity contribution in [3.05, 3.63) is 79.6 Å². The van der Waals surface area contributed by atoms with Crippen molar-refractivity contribution in [3.63, 3.8) is 0 Å². The van der Waals surface area contributed by atoms with Gasteiger partial charge >= 0.3 is 0 Å². The molecule has 0 bridgehead atoms. The quantitative estimate of drug-likeness (QED) is 0.197. The van der Waals surface area contributed by atoms with E-state index in [0.29, 0.717) is 54.8 Å². The molecule has 0 radical (unpaired) electrons. The van der Waals surface area contributed by atoms with E-state index in [0.717, 1.165) is 5.56 Å². The van der Waals surface area contributed by atoms with Crippen LogP contribution in [0, 0.1) is 13.8 Å². The van der Waals surface area contributed by atoms with Gasteiger partial charge in [-0.3, -0.25) is 9.36 Å². The first kappa shape index (κ1) is 25.2. The van der Waals surface area contributed by atoms with Crippen LogP contribution in [-0.2, 0) is 5.75 Å². The SMILES string of the molecule is COc1cc2c(=O)n(-c3cc(Cl)ccc3Cl)c(SCc3ccc(C)c(C)c3)nc2c(OC)c1OC. The molecule has 4 aromatic rings. The highest BCUT2D eigenvalue weighted by molar-refractivity contribution is 7.98. The smallest absolute Gasteiger partial charge is 0.266 e. The Bertz CT molecular complexity index is 1490. The van der Waals surface area contributed by atoms with Gasteiger partial charge in [-0.2, -0.15) is 0 Å². The first-order valence-corrected chi connectivity index (χ1v) is 12.4. The molecule has 0 spiro atoms. The van der Waals surface area contributed by atoms with Gasteiger partial charge in [-0.25, -0.2) is 4.98 Å². The summed E-state index contributed by atoms with van der Waals surface area (Å²) in [7, 11) is 4.50. The zero-order valence-corrected chi connectivity index (χ0v) is 22.3. The number of ether oxygens (including phenoxy) is 3.